The van der Waals surface area contributed by atoms with Gasteiger partial charge in [0.15, 0.2) is 0 Å². The Hall–Kier alpha value is -1.56. The summed E-state index contributed by atoms with van der Waals surface area (Å²) < 4.78 is 0. The van der Waals surface area contributed by atoms with Gasteiger partial charge in [0.2, 0.25) is 0 Å². The molecular formula is C43H72. The van der Waals surface area contributed by atoms with E-state index in [0.29, 0.717) is 0 Å². The Bertz CT molecular complexity index is 1270. The van der Waals surface area contributed by atoms with Gasteiger partial charge in [-0.1, -0.05) is 177 Å². The molecule has 0 aromatic heterocycles. The Balaban J connectivity index is 3.65. The van der Waals surface area contributed by atoms with Crippen molar-refractivity contribution in [1.29, 1.82) is 0 Å². The molecule has 0 aliphatic rings. The normalized spacial score (nSPS) is 14.9. The Kier molecular flexibility index (Phi) is 9.42. The van der Waals surface area contributed by atoms with Gasteiger partial charge in [-0.2, -0.15) is 0 Å². The van der Waals surface area contributed by atoms with E-state index >= 15 is 0 Å². The molecule has 0 amide bonds. The fourth-order valence-electron chi connectivity index (χ4n) is 7.44. The van der Waals surface area contributed by atoms with Crippen molar-refractivity contribution in [2.45, 2.75) is 203 Å². The molecular weight excluding hydrogens is 516 g/mol. The highest BCUT2D eigenvalue weighted by Crippen LogP contribution is 2.56. The van der Waals surface area contributed by atoms with Gasteiger partial charge < -0.3 is 0 Å². The van der Waals surface area contributed by atoms with Crippen LogP contribution in [0.25, 0.3) is 0 Å². The Morgan fingerprint density at radius 1 is 0.279 bits per heavy atom. The molecule has 43 heavy (non-hydrogen) atoms. The van der Waals surface area contributed by atoms with E-state index in [2.05, 4.69) is 177 Å². The van der Waals surface area contributed by atoms with Crippen LogP contribution in [-0.2, 0) is 43.3 Å². The van der Waals surface area contributed by atoms with E-state index in [1.165, 1.54) is 16.7 Å². The third-order valence-electron chi connectivity index (χ3n) is 9.24. The van der Waals surface area contributed by atoms with E-state index in [1.807, 2.05) is 0 Å². The monoisotopic (exact) mass is 589 g/mol. The standard InChI is InChI=1S/C43H72/c1-36(2,3)27-24-25-28(37(4,5)6)29(26-27)43(22,23)35-33(41(16,17)18)31(39(10,11)12)30(38(7,8)9)32(40(13,14)15)34(35)42(19,20)21/h24-26H,1-23H3. The summed E-state index contributed by atoms with van der Waals surface area (Å²) >= 11 is 0. The lowest BCUT2D eigenvalue weighted by Crippen LogP contribution is -2.41. The molecule has 0 aliphatic carbocycles. The molecule has 0 heterocycles. The summed E-state index contributed by atoms with van der Waals surface area (Å²) in [4.78, 5) is 0. The lowest BCUT2D eigenvalue weighted by Gasteiger charge is -2.49. The van der Waals surface area contributed by atoms with Crippen molar-refractivity contribution in [1.82, 2.24) is 0 Å². The van der Waals surface area contributed by atoms with Crippen LogP contribution in [-0.4, -0.2) is 0 Å². The molecule has 0 radical (unpaired) electrons. The van der Waals surface area contributed by atoms with Gasteiger partial charge in [-0.25, -0.2) is 0 Å². The highest BCUT2D eigenvalue weighted by Gasteiger charge is 2.46. The molecule has 244 valence electrons. The van der Waals surface area contributed by atoms with E-state index in [0.717, 1.165) is 0 Å². The Morgan fingerprint density at radius 3 is 0.791 bits per heavy atom. The summed E-state index contributed by atoms with van der Waals surface area (Å²) in [5.74, 6) is 0. The number of benzene rings is 2. The van der Waals surface area contributed by atoms with Crippen LogP contribution < -0.4 is 0 Å². The quantitative estimate of drug-likeness (QED) is 0.327. The molecule has 0 heteroatoms. The predicted octanol–water partition coefficient (Wildman–Crippen LogP) is 13.1. The zero-order valence-electron chi connectivity index (χ0n) is 33.2. The van der Waals surface area contributed by atoms with Crippen molar-refractivity contribution in [3.8, 4) is 0 Å². The predicted molar refractivity (Wildman–Crippen MR) is 196 cm³/mol. The summed E-state index contributed by atoms with van der Waals surface area (Å²) in [7, 11) is 0. The van der Waals surface area contributed by atoms with Crippen molar-refractivity contribution in [3.63, 3.8) is 0 Å². The lowest BCUT2D eigenvalue weighted by molar-refractivity contribution is 0.438. The number of hydrogen-bond donors (Lipinski definition) is 0. The minimum Gasteiger partial charge on any atom is -0.0582 e. The fourth-order valence-corrected chi connectivity index (χ4v) is 7.44. The lowest BCUT2D eigenvalue weighted by atomic mass is 9.55. The average Bonchev–Trinajstić information content (AvgIpc) is 2.72. The average molecular weight is 589 g/mol. The van der Waals surface area contributed by atoms with Gasteiger partial charge in [-0.15, -0.1) is 0 Å². The molecule has 0 unspecified atom stereocenters. The van der Waals surface area contributed by atoms with Crippen molar-refractivity contribution >= 4 is 0 Å². The van der Waals surface area contributed by atoms with E-state index in [4.69, 9.17) is 0 Å². The van der Waals surface area contributed by atoms with Gasteiger partial charge in [-0.05, 0) is 88.0 Å². The van der Waals surface area contributed by atoms with Gasteiger partial charge in [0.1, 0.15) is 0 Å². The van der Waals surface area contributed by atoms with Gasteiger partial charge in [0, 0.05) is 5.41 Å². The van der Waals surface area contributed by atoms with Crippen LogP contribution in [0.2, 0.25) is 0 Å². The minimum absolute atomic E-state index is 0.00335. The maximum Gasteiger partial charge on any atom is 0.0155 e. The fraction of sp³-hybridized carbons (Fsp3) is 0.721. The van der Waals surface area contributed by atoms with Crippen LogP contribution in [0.15, 0.2) is 18.2 Å². The summed E-state index contributed by atoms with van der Waals surface area (Å²) in [5, 5.41) is 0. The molecule has 2 rings (SSSR count). The molecule has 0 aliphatic heterocycles. The first kappa shape index (κ1) is 37.6. The largest absolute Gasteiger partial charge is 0.0582 e. The molecule has 2 aromatic rings. The maximum atomic E-state index is 2.57. The van der Waals surface area contributed by atoms with Crippen LogP contribution in [0.3, 0.4) is 0 Å². The van der Waals surface area contributed by atoms with Crippen molar-refractivity contribution in [2.75, 3.05) is 0 Å². The van der Waals surface area contributed by atoms with Crippen LogP contribution in [0, 0.1) is 0 Å². The number of hydrogen-bond acceptors (Lipinski definition) is 0. The minimum atomic E-state index is -0.231. The van der Waals surface area contributed by atoms with E-state index in [9.17, 15) is 0 Å². The summed E-state index contributed by atoms with van der Waals surface area (Å²) in [6, 6.07) is 7.41. The van der Waals surface area contributed by atoms with E-state index < -0.39 is 0 Å². The second-order valence-electron chi connectivity index (χ2n) is 21.4. The first-order valence-electron chi connectivity index (χ1n) is 17.0. The SMILES string of the molecule is CC(C)(C)c1ccc(C(C)(C)C)c(C(C)(C)c2c(C(C)(C)C)c(C(C)(C)C)c(C(C)(C)C)c(C(C)(C)C)c2C(C)(C)C)c1. The van der Waals surface area contributed by atoms with E-state index in [-0.39, 0.29) is 43.3 Å². The number of rotatable bonds is 2. The van der Waals surface area contributed by atoms with Gasteiger partial charge in [0.25, 0.3) is 0 Å². The molecule has 0 fully saturated rings. The second kappa shape index (κ2) is 10.8. The zero-order valence-corrected chi connectivity index (χ0v) is 33.2. The van der Waals surface area contributed by atoms with Crippen molar-refractivity contribution < 1.29 is 0 Å². The molecule has 0 bridgehead atoms. The van der Waals surface area contributed by atoms with Crippen molar-refractivity contribution in [2.24, 2.45) is 0 Å². The summed E-state index contributed by atoms with van der Waals surface area (Å²) in [5.41, 5.74) is 13.5. The molecule has 0 N–H and O–H groups in total. The van der Waals surface area contributed by atoms with Gasteiger partial charge >= 0.3 is 0 Å². The topological polar surface area (TPSA) is 0 Å². The molecule has 0 spiro atoms. The van der Waals surface area contributed by atoms with Crippen LogP contribution in [0.1, 0.15) is 209 Å². The third kappa shape index (κ3) is 7.47. The molecule has 0 nitrogen and oxygen atoms in total. The van der Waals surface area contributed by atoms with Crippen LogP contribution in [0.5, 0.6) is 0 Å². The first-order valence-corrected chi connectivity index (χ1v) is 17.0. The Morgan fingerprint density at radius 2 is 0.558 bits per heavy atom. The van der Waals surface area contributed by atoms with Crippen LogP contribution in [0.4, 0.5) is 0 Å². The van der Waals surface area contributed by atoms with Gasteiger partial charge in [0.05, 0.1) is 0 Å². The van der Waals surface area contributed by atoms with Crippen molar-refractivity contribution in [3.05, 3.63) is 68.3 Å². The maximum absolute atomic E-state index is 2.57. The summed E-state index contributed by atoms with van der Waals surface area (Å²) in [6.45, 7) is 56.1. The molecule has 0 atom stereocenters. The molecule has 0 saturated carbocycles. The Labute approximate surface area is 270 Å². The third-order valence-corrected chi connectivity index (χ3v) is 9.24. The van der Waals surface area contributed by atoms with Gasteiger partial charge in [-0.3, -0.25) is 0 Å². The van der Waals surface area contributed by atoms with Crippen LogP contribution >= 0.6 is 0 Å². The highest BCUT2D eigenvalue weighted by atomic mass is 14.5. The summed E-state index contributed by atoms with van der Waals surface area (Å²) in [6.07, 6.45) is 0. The first-order chi connectivity index (χ1) is 18.6. The molecule has 0 saturated heterocycles. The smallest absolute Gasteiger partial charge is 0.0155 e. The highest BCUT2D eigenvalue weighted by molar-refractivity contribution is 5.66. The zero-order chi connectivity index (χ0) is 34.3. The second-order valence-corrected chi connectivity index (χ2v) is 21.4. The molecule has 2 aromatic carbocycles. The van der Waals surface area contributed by atoms with E-state index in [1.54, 1.807) is 33.4 Å².